The Hall–Kier alpha value is -0.530. The molecule has 0 spiro atoms. The summed E-state index contributed by atoms with van der Waals surface area (Å²) < 4.78 is 0. The molecule has 0 heterocycles. The van der Waals surface area contributed by atoms with Gasteiger partial charge in [-0.2, -0.15) is 0 Å². The third kappa shape index (κ3) is 5.41. The van der Waals surface area contributed by atoms with Crippen LogP contribution in [0.3, 0.4) is 0 Å². The molecule has 2 heteroatoms. The van der Waals surface area contributed by atoms with Crippen molar-refractivity contribution in [1.82, 2.24) is 5.32 Å². The van der Waals surface area contributed by atoms with E-state index in [4.69, 9.17) is 11.6 Å². The van der Waals surface area contributed by atoms with Crippen LogP contribution in [0.4, 0.5) is 0 Å². The van der Waals surface area contributed by atoms with Gasteiger partial charge in [-0.3, -0.25) is 0 Å². The van der Waals surface area contributed by atoms with E-state index >= 15 is 0 Å². The van der Waals surface area contributed by atoms with Gasteiger partial charge in [0, 0.05) is 11.1 Å². The Morgan fingerprint density at radius 3 is 2.50 bits per heavy atom. The normalized spacial score (nSPS) is 12.2. The van der Waals surface area contributed by atoms with Gasteiger partial charge in [0.2, 0.25) is 0 Å². The molecule has 0 fully saturated rings. The van der Waals surface area contributed by atoms with Gasteiger partial charge >= 0.3 is 0 Å². The number of aryl methyl sites for hydroxylation is 1. The fourth-order valence-corrected chi connectivity index (χ4v) is 2.40. The quantitative estimate of drug-likeness (QED) is 0.794. The summed E-state index contributed by atoms with van der Waals surface area (Å²) in [6.45, 7) is 12.1. The molecule has 0 atom stereocenters. The summed E-state index contributed by atoms with van der Waals surface area (Å²) in [6.07, 6.45) is 2.20. The van der Waals surface area contributed by atoms with Crippen LogP contribution in [-0.2, 0) is 6.42 Å². The van der Waals surface area contributed by atoms with Gasteiger partial charge in [0.25, 0.3) is 0 Å². The number of halogens is 1. The fraction of sp³-hybridized carbons (Fsp3) is 0.625. The third-order valence-electron chi connectivity index (χ3n) is 3.23. The highest BCUT2D eigenvalue weighted by Crippen LogP contribution is 2.29. The van der Waals surface area contributed by atoms with Crippen LogP contribution < -0.4 is 5.32 Å². The maximum atomic E-state index is 6.30. The van der Waals surface area contributed by atoms with E-state index in [2.05, 4.69) is 58.1 Å². The van der Waals surface area contributed by atoms with Gasteiger partial charge in [0.15, 0.2) is 0 Å². The molecule has 0 aliphatic carbocycles. The average molecular weight is 268 g/mol. The molecule has 0 bridgehead atoms. The lowest BCUT2D eigenvalue weighted by atomic mass is 9.82. The Balaban J connectivity index is 2.58. The number of hydrogen-bond donors (Lipinski definition) is 1. The van der Waals surface area contributed by atoms with E-state index in [1.165, 1.54) is 11.1 Å². The first-order valence-corrected chi connectivity index (χ1v) is 7.16. The van der Waals surface area contributed by atoms with Gasteiger partial charge in [-0.25, -0.2) is 0 Å². The van der Waals surface area contributed by atoms with Crippen molar-refractivity contribution in [2.45, 2.75) is 53.5 Å². The minimum Gasteiger partial charge on any atom is -0.315 e. The van der Waals surface area contributed by atoms with Crippen LogP contribution in [-0.4, -0.2) is 12.6 Å². The molecule has 0 aliphatic rings. The van der Waals surface area contributed by atoms with Gasteiger partial charge in [0.1, 0.15) is 0 Å². The zero-order valence-corrected chi connectivity index (χ0v) is 13.1. The highest BCUT2D eigenvalue weighted by atomic mass is 35.5. The molecular formula is C16H26ClN. The van der Waals surface area contributed by atoms with Crippen molar-refractivity contribution in [3.05, 3.63) is 34.3 Å². The average Bonchev–Trinajstić information content (AvgIpc) is 2.21. The molecule has 0 aliphatic heterocycles. The summed E-state index contributed by atoms with van der Waals surface area (Å²) in [6, 6.07) is 6.92. The van der Waals surface area contributed by atoms with Crippen molar-refractivity contribution >= 4 is 11.6 Å². The van der Waals surface area contributed by atoms with Crippen molar-refractivity contribution in [2.24, 2.45) is 5.41 Å². The molecule has 102 valence electrons. The van der Waals surface area contributed by atoms with E-state index in [1.54, 1.807) is 0 Å². The maximum absolute atomic E-state index is 6.30. The van der Waals surface area contributed by atoms with E-state index in [0.717, 1.165) is 24.4 Å². The second-order valence-electron chi connectivity index (χ2n) is 6.29. The highest BCUT2D eigenvalue weighted by molar-refractivity contribution is 6.31. The van der Waals surface area contributed by atoms with E-state index in [9.17, 15) is 0 Å². The summed E-state index contributed by atoms with van der Waals surface area (Å²) in [4.78, 5) is 0. The van der Waals surface area contributed by atoms with Gasteiger partial charge in [0.05, 0.1) is 0 Å². The zero-order valence-electron chi connectivity index (χ0n) is 12.3. The van der Waals surface area contributed by atoms with Crippen molar-refractivity contribution in [3.8, 4) is 0 Å². The minimum absolute atomic E-state index is 0.279. The van der Waals surface area contributed by atoms with Crippen LogP contribution in [0.1, 0.15) is 45.2 Å². The van der Waals surface area contributed by atoms with E-state index < -0.39 is 0 Å². The second kappa shape index (κ2) is 6.58. The first kappa shape index (κ1) is 15.5. The zero-order chi connectivity index (χ0) is 13.8. The van der Waals surface area contributed by atoms with Crippen molar-refractivity contribution in [1.29, 1.82) is 0 Å². The molecular weight excluding hydrogens is 242 g/mol. The molecule has 1 rings (SSSR count). The highest BCUT2D eigenvalue weighted by Gasteiger charge is 2.19. The molecule has 0 saturated heterocycles. The summed E-state index contributed by atoms with van der Waals surface area (Å²) in [5.74, 6) is 0. The first-order valence-electron chi connectivity index (χ1n) is 6.78. The summed E-state index contributed by atoms with van der Waals surface area (Å²) in [7, 11) is 0. The van der Waals surface area contributed by atoms with Gasteiger partial charge in [-0.05, 0) is 48.9 Å². The largest absolute Gasteiger partial charge is 0.315 e. The third-order valence-corrected chi connectivity index (χ3v) is 3.58. The van der Waals surface area contributed by atoms with Gasteiger partial charge in [-0.1, -0.05) is 51.4 Å². The van der Waals surface area contributed by atoms with Crippen molar-refractivity contribution in [3.63, 3.8) is 0 Å². The lowest BCUT2D eigenvalue weighted by molar-refractivity contribution is 0.320. The lowest BCUT2D eigenvalue weighted by Gasteiger charge is -2.26. The molecule has 18 heavy (non-hydrogen) atoms. The SMILES string of the molecule is Cc1ccc(CC(C)(C)CCNC(C)C)c(Cl)c1. The first-order chi connectivity index (χ1) is 8.30. The summed E-state index contributed by atoms with van der Waals surface area (Å²) >= 11 is 6.30. The predicted molar refractivity (Wildman–Crippen MR) is 81.4 cm³/mol. The van der Waals surface area contributed by atoms with Crippen molar-refractivity contribution in [2.75, 3.05) is 6.54 Å². The lowest BCUT2D eigenvalue weighted by Crippen LogP contribution is -2.28. The standard InChI is InChI=1S/C16H26ClN/c1-12(2)18-9-8-16(4,5)11-14-7-6-13(3)10-15(14)17/h6-7,10,12,18H,8-9,11H2,1-5H3. The Morgan fingerprint density at radius 1 is 1.28 bits per heavy atom. The van der Waals surface area contributed by atoms with Gasteiger partial charge < -0.3 is 5.32 Å². The molecule has 0 saturated carbocycles. The summed E-state index contributed by atoms with van der Waals surface area (Å²) in [5, 5.41) is 4.38. The number of rotatable bonds is 6. The molecule has 1 nitrogen and oxygen atoms in total. The molecule has 0 aromatic heterocycles. The predicted octanol–water partition coefficient (Wildman–Crippen LogP) is 4.61. The second-order valence-corrected chi connectivity index (χ2v) is 6.70. The van der Waals surface area contributed by atoms with Crippen LogP contribution in [0.25, 0.3) is 0 Å². The van der Waals surface area contributed by atoms with Crippen LogP contribution >= 0.6 is 11.6 Å². The topological polar surface area (TPSA) is 12.0 Å². The number of hydrogen-bond acceptors (Lipinski definition) is 1. The Bertz CT molecular complexity index is 383. The van der Waals surface area contributed by atoms with Gasteiger partial charge in [-0.15, -0.1) is 0 Å². The van der Waals surface area contributed by atoms with E-state index in [1.807, 2.05) is 0 Å². The van der Waals surface area contributed by atoms with E-state index in [-0.39, 0.29) is 5.41 Å². The molecule has 0 amide bonds. The van der Waals surface area contributed by atoms with E-state index in [0.29, 0.717) is 6.04 Å². The molecule has 1 aromatic carbocycles. The Morgan fingerprint density at radius 2 is 1.94 bits per heavy atom. The van der Waals surface area contributed by atoms with Crippen LogP contribution in [0.15, 0.2) is 18.2 Å². The van der Waals surface area contributed by atoms with Crippen LogP contribution in [0.5, 0.6) is 0 Å². The number of nitrogens with one attached hydrogen (secondary N) is 1. The monoisotopic (exact) mass is 267 g/mol. The fourth-order valence-electron chi connectivity index (χ4n) is 2.10. The molecule has 0 radical (unpaired) electrons. The smallest absolute Gasteiger partial charge is 0.0440 e. The van der Waals surface area contributed by atoms with Crippen molar-refractivity contribution < 1.29 is 0 Å². The van der Waals surface area contributed by atoms with Crippen LogP contribution in [0.2, 0.25) is 5.02 Å². The minimum atomic E-state index is 0.279. The van der Waals surface area contributed by atoms with Crippen LogP contribution in [0, 0.1) is 12.3 Å². The molecule has 1 aromatic rings. The Kier molecular flexibility index (Phi) is 5.68. The maximum Gasteiger partial charge on any atom is 0.0440 e. The number of benzene rings is 1. The summed E-state index contributed by atoms with van der Waals surface area (Å²) in [5.41, 5.74) is 2.76. The molecule has 1 N–H and O–H groups in total. The Labute approximate surface area is 117 Å². The molecule has 0 unspecified atom stereocenters.